The van der Waals surface area contributed by atoms with Gasteiger partial charge in [0, 0.05) is 12.6 Å². The van der Waals surface area contributed by atoms with Crippen molar-refractivity contribution in [3.63, 3.8) is 0 Å². The second-order valence-corrected chi connectivity index (χ2v) is 6.64. The van der Waals surface area contributed by atoms with E-state index < -0.39 is 11.7 Å². The van der Waals surface area contributed by atoms with Crippen LogP contribution in [-0.4, -0.2) is 48.7 Å². The van der Waals surface area contributed by atoms with Gasteiger partial charge in [-0.1, -0.05) is 13.8 Å². The van der Waals surface area contributed by atoms with Crippen molar-refractivity contribution in [1.82, 2.24) is 10.2 Å². The molecule has 0 radical (unpaired) electrons. The number of amides is 2. The molecule has 0 aliphatic rings. The molecular formula is C14H29N3O3. The predicted molar refractivity (Wildman–Crippen MR) is 79.3 cm³/mol. The van der Waals surface area contributed by atoms with Gasteiger partial charge in [-0.3, -0.25) is 9.69 Å². The molecule has 2 amide bonds. The normalized spacial score (nSPS) is 13.4. The molecule has 0 aromatic heterocycles. The number of hydrogen-bond acceptors (Lipinski definition) is 4. The zero-order chi connectivity index (χ0) is 15.9. The van der Waals surface area contributed by atoms with Crippen LogP contribution >= 0.6 is 0 Å². The van der Waals surface area contributed by atoms with Crippen molar-refractivity contribution in [2.45, 2.75) is 52.7 Å². The van der Waals surface area contributed by atoms with Crippen LogP contribution in [0.25, 0.3) is 0 Å². The molecule has 3 N–H and O–H groups in total. The first-order valence-electron chi connectivity index (χ1n) is 6.96. The molecule has 0 aromatic rings. The first kappa shape index (κ1) is 18.7. The molecule has 0 aromatic carbocycles. The molecule has 6 heteroatoms. The van der Waals surface area contributed by atoms with Crippen molar-refractivity contribution < 1.29 is 14.3 Å². The van der Waals surface area contributed by atoms with E-state index in [9.17, 15) is 9.59 Å². The van der Waals surface area contributed by atoms with Gasteiger partial charge in [-0.25, -0.2) is 4.79 Å². The van der Waals surface area contributed by atoms with Gasteiger partial charge in [0.1, 0.15) is 5.60 Å². The van der Waals surface area contributed by atoms with Crippen molar-refractivity contribution in [2.24, 2.45) is 11.7 Å². The zero-order valence-corrected chi connectivity index (χ0v) is 13.5. The van der Waals surface area contributed by atoms with Gasteiger partial charge in [-0.15, -0.1) is 0 Å². The molecule has 0 saturated heterocycles. The fraction of sp³-hybridized carbons (Fsp3) is 0.857. The number of nitrogens with two attached hydrogens (primary N) is 1. The van der Waals surface area contributed by atoms with E-state index in [0.717, 1.165) is 6.42 Å². The van der Waals surface area contributed by atoms with Crippen molar-refractivity contribution in [3.05, 3.63) is 0 Å². The van der Waals surface area contributed by atoms with Crippen LogP contribution in [0.3, 0.4) is 0 Å². The third kappa shape index (κ3) is 10.6. The van der Waals surface area contributed by atoms with E-state index >= 15 is 0 Å². The van der Waals surface area contributed by atoms with E-state index in [1.165, 1.54) is 0 Å². The van der Waals surface area contributed by atoms with Gasteiger partial charge in [0.2, 0.25) is 5.91 Å². The van der Waals surface area contributed by atoms with Crippen LogP contribution in [0.2, 0.25) is 0 Å². The summed E-state index contributed by atoms with van der Waals surface area (Å²) in [5.74, 6) is 0.0463. The molecule has 6 nitrogen and oxygen atoms in total. The lowest BCUT2D eigenvalue weighted by atomic mass is 10.0. The minimum absolute atomic E-state index is 0.0748. The lowest BCUT2D eigenvalue weighted by Crippen LogP contribution is -2.46. The summed E-state index contributed by atoms with van der Waals surface area (Å²) in [7, 11) is 1.80. The van der Waals surface area contributed by atoms with E-state index in [1.54, 1.807) is 11.9 Å². The molecule has 0 unspecified atom stereocenters. The van der Waals surface area contributed by atoms with Crippen molar-refractivity contribution in [3.8, 4) is 0 Å². The third-order valence-corrected chi connectivity index (χ3v) is 2.43. The molecule has 0 bridgehead atoms. The lowest BCUT2D eigenvalue weighted by molar-refractivity contribution is -0.118. The summed E-state index contributed by atoms with van der Waals surface area (Å²) in [5.41, 5.74) is 4.64. The van der Waals surface area contributed by atoms with Gasteiger partial charge in [0.15, 0.2) is 0 Å². The Morgan fingerprint density at radius 1 is 1.30 bits per heavy atom. The fourth-order valence-electron chi connectivity index (χ4n) is 1.93. The number of nitrogens with one attached hydrogen (secondary N) is 1. The molecule has 0 spiro atoms. The highest BCUT2D eigenvalue weighted by Gasteiger charge is 2.21. The Morgan fingerprint density at radius 2 is 1.85 bits per heavy atom. The third-order valence-electron chi connectivity index (χ3n) is 2.43. The van der Waals surface area contributed by atoms with Crippen LogP contribution in [-0.2, 0) is 9.53 Å². The maximum absolute atomic E-state index is 11.8. The average molecular weight is 287 g/mol. The Labute approximate surface area is 122 Å². The Balaban J connectivity index is 4.48. The molecular weight excluding hydrogens is 258 g/mol. The Hall–Kier alpha value is -1.30. The molecule has 0 heterocycles. The minimum Gasteiger partial charge on any atom is -0.444 e. The smallest absolute Gasteiger partial charge is 0.407 e. The number of primary amides is 1. The zero-order valence-electron chi connectivity index (χ0n) is 13.5. The van der Waals surface area contributed by atoms with Crippen LogP contribution in [0, 0.1) is 5.92 Å². The number of hydrogen-bond donors (Lipinski definition) is 2. The SMILES string of the molecule is CC(C)C[C@H](CN(C)CC(N)=O)NC(=O)OC(C)(C)C. The van der Waals surface area contributed by atoms with Gasteiger partial charge in [0.05, 0.1) is 6.54 Å². The standard InChI is InChI=1S/C14H29N3O3/c1-10(2)7-11(8-17(6)9-12(15)18)16-13(19)20-14(3,4)5/h10-11H,7-9H2,1-6H3,(H2,15,18)(H,16,19)/t11-/m1/s1. The lowest BCUT2D eigenvalue weighted by Gasteiger charge is -2.27. The number of carbonyl (C=O) groups is 2. The summed E-state index contributed by atoms with van der Waals surface area (Å²) in [6.45, 7) is 10.4. The maximum Gasteiger partial charge on any atom is 0.407 e. The molecule has 0 saturated carbocycles. The summed E-state index contributed by atoms with van der Waals surface area (Å²) in [5, 5.41) is 2.85. The molecule has 0 fully saturated rings. The Morgan fingerprint density at radius 3 is 2.25 bits per heavy atom. The van der Waals surface area contributed by atoms with E-state index in [2.05, 4.69) is 19.2 Å². The first-order valence-corrected chi connectivity index (χ1v) is 6.96. The molecule has 0 rings (SSSR count). The van der Waals surface area contributed by atoms with E-state index in [-0.39, 0.29) is 18.5 Å². The topological polar surface area (TPSA) is 84.7 Å². The molecule has 1 atom stereocenters. The van der Waals surface area contributed by atoms with Crippen LogP contribution < -0.4 is 11.1 Å². The number of likely N-dealkylation sites (N-methyl/N-ethyl adjacent to an activating group) is 1. The fourth-order valence-corrected chi connectivity index (χ4v) is 1.93. The highest BCUT2D eigenvalue weighted by molar-refractivity contribution is 5.75. The number of nitrogens with zero attached hydrogens (tertiary/aromatic N) is 1. The number of rotatable bonds is 7. The van der Waals surface area contributed by atoms with Crippen LogP contribution in [0.1, 0.15) is 41.0 Å². The summed E-state index contributed by atoms with van der Waals surface area (Å²) in [4.78, 5) is 24.5. The number of alkyl carbamates (subject to hydrolysis) is 1. The second kappa shape index (κ2) is 8.09. The monoisotopic (exact) mass is 287 g/mol. The van der Waals surface area contributed by atoms with Gasteiger partial charge in [-0.2, -0.15) is 0 Å². The highest BCUT2D eigenvalue weighted by Crippen LogP contribution is 2.10. The van der Waals surface area contributed by atoms with E-state index in [1.807, 2.05) is 20.8 Å². The van der Waals surface area contributed by atoms with Crippen molar-refractivity contribution in [1.29, 1.82) is 0 Å². The van der Waals surface area contributed by atoms with Gasteiger partial charge in [-0.05, 0) is 40.2 Å². The Kier molecular flexibility index (Phi) is 7.57. The largest absolute Gasteiger partial charge is 0.444 e. The first-order chi connectivity index (χ1) is 8.99. The second-order valence-electron chi connectivity index (χ2n) is 6.64. The van der Waals surface area contributed by atoms with Crippen molar-refractivity contribution >= 4 is 12.0 Å². The predicted octanol–water partition coefficient (Wildman–Crippen LogP) is 1.34. The van der Waals surface area contributed by atoms with Gasteiger partial charge >= 0.3 is 6.09 Å². The summed E-state index contributed by atoms with van der Waals surface area (Å²) >= 11 is 0. The highest BCUT2D eigenvalue weighted by atomic mass is 16.6. The summed E-state index contributed by atoms with van der Waals surface area (Å²) < 4.78 is 5.25. The Bertz CT molecular complexity index is 324. The summed E-state index contributed by atoms with van der Waals surface area (Å²) in [6, 6.07) is -0.0748. The molecule has 0 aliphatic heterocycles. The minimum atomic E-state index is -0.522. The van der Waals surface area contributed by atoms with Gasteiger partial charge < -0.3 is 15.8 Å². The number of carbonyl (C=O) groups excluding carboxylic acids is 2. The number of ether oxygens (including phenoxy) is 1. The van der Waals surface area contributed by atoms with Crippen molar-refractivity contribution in [2.75, 3.05) is 20.1 Å². The van der Waals surface area contributed by atoms with Crippen LogP contribution in [0.4, 0.5) is 4.79 Å². The maximum atomic E-state index is 11.8. The molecule has 20 heavy (non-hydrogen) atoms. The van der Waals surface area contributed by atoms with E-state index in [0.29, 0.717) is 12.5 Å². The quantitative estimate of drug-likeness (QED) is 0.740. The molecule has 118 valence electrons. The van der Waals surface area contributed by atoms with E-state index in [4.69, 9.17) is 10.5 Å². The van der Waals surface area contributed by atoms with Crippen LogP contribution in [0.15, 0.2) is 0 Å². The average Bonchev–Trinajstić information content (AvgIpc) is 2.09. The van der Waals surface area contributed by atoms with Crippen LogP contribution in [0.5, 0.6) is 0 Å². The molecule has 0 aliphatic carbocycles. The summed E-state index contributed by atoms with van der Waals surface area (Å²) in [6.07, 6.45) is 0.373. The van der Waals surface area contributed by atoms with Gasteiger partial charge in [0.25, 0.3) is 0 Å².